The minimum Gasteiger partial charge on any atom is -0.403 e. The largest absolute Gasteiger partial charge is 0.403 e. The Morgan fingerprint density at radius 1 is 1.02 bits per heavy atom. The first-order chi connectivity index (χ1) is 19.7. The van der Waals surface area contributed by atoms with Crippen molar-refractivity contribution in [2.75, 3.05) is 23.0 Å². The van der Waals surface area contributed by atoms with Crippen molar-refractivity contribution in [1.29, 1.82) is 0 Å². The summed E-state index contributed by atoms with van der Waals surface area (Å²) >= 11 is 0. The fraction of sp³-hybridized carbons (Fsp3) is 0.219. The summed E-state index contributed by atoms with van der Waals surface area (Å²) in [6, 6.07) is 12.8. The van der Waals surface area contributed by atoms with E-state index in [9.17, 15) is 13.2 Å². The molecule has 0 aliphatic carbocycles. The van der Waals surface area contributed by atoms with Crippen molar-refractivity contribution in [3.63, 3.8) is 0 Å². The number of anilines is 4. The molecule has 3 rings (SSSR count). The second-order valence-electron chi connectivity index (χ2n) is 10.3. The van der Waals surface area contributed by atoms with Gasteiger partial charge in [-0.05, 0) is 46.9 Å². The van der Waals surface area contributed by atoms with E-state index >= 15 is 0 Å². The third-order valence-electron chi connectivity index (χ3n) is 5.68. The normalized spacial score (nSPS) is 11.8. The first-order valence-electron chi connectivity index (χ1n) is 13.0. The zero-order valence-electron chi connectivity index (χ0n) is 24.6. The molecular formula is C32H38F3N7. The Bertz CT molecular complexity index is 1450. The van der Waals surface area contributed by atoms with Crippen LogP contribution in [-0.2, 0) is 5.41 Å². The van der Waals surface area contributed by atoms with E-state index in [2.05, 4.69) is 83.6 Å². The molecule has 0 amide bonds. The molecule has 0 bridgehead atoms. The van der Waals surface area contributed by atoms with Gasteiger partial charge in [0.2, 0.25) is 5.95 Å². The van der Waals surface area contributed by atoms with Crippen molar-refractivity contribution >= 4 is 29.4 Å². The lowest BCUT2D eigenvalue weighted by atomic mass is 9.86. The number of allylic oxidation sites excluding steroid dienone is 3. The first kappa shape index (κ1) is 33.3. The van der Waals surface area contributed by atoms with E-state index in [1.54, 1.807) is 37.7 Å². The average molecular weight is 578 g/mol. The van der Waals surface area contributed by atoms with Gasteiger partial charge in [-0.25, -0.2) is 18.2 Å². The van der Waals surface area contributed by atoms with E-state index < -0.39 is 11.7 Å². The van der Waals surface area contributed by atoms with Crippen LogP contribution in [0.25, 0.3) is 11.1 Å². The lowest BCUT2D eigenvalue weighted by Crippen LogP contribution is -2.11. The van der Waals surface area contributed by atoms with Crippen molar-refractivity contribution < 1.29 is 13.2 Å². The number of hydrogen-bond donors (Lipinski definition) is 4. The highest BCUT2D eigenvalue weighted by atomic mass is 19.3. The van der Waals surface area contributed by atoms with Crippen LogP contribution in [0.3, 0.4) is 0 Å². The summed E-state index contributed by atoms with van der Waals surface area (Å²) in [6.45, 7) is 17.7. The van der Waals surface area contributed by atoms with E-state index in [1.807, 2.05) is 12.1 Å². The van der Waals surface area contributed by atoms with E-state index in [1.165, 1.54) is 17.8 Å². The lowest BCUT2D eigenvalue weighted by molar-refractivity contribution is 0.0779. The van der Waals surface area contributed by atoms with Gasteiger partial charge in [0.1, 0.15) is 11.6 Å². The molecule has 0 radical (unpaired) electrons. The summed E-state index contributed by atoms with van der Waals surface area (Å²) < 4.78 is 37.5. The van der Waals surface area contributed by atoms with Crippen LogP contribution >= 0.6 is 0 Å². The van der Waals surface area contributed by atoms with Crippen molar-refractivity contribution in [2.24, 2.45) is 10.7 Å². The molecule has 5 N–H and O–H groups in total. The molecule has 1 heterocycles. The van der Waals surface area contributed by atoms with E-state index in [0.29, 0.717) is 34.5 Å². The van der Waals surface area contributed by atoms with Crippen LogP contribution in [0.2, 0.25) is 0 Å². The Labute approximate surface area is 245 Å². The molecule has 0 atom stereocenters. The van der Waals surface area contributed by atoms with Crippen LogP contribution in [0.15, 0.2) is 103 Å². The standard InChI is InChI=1S/C28H32FN7.C4H6F2/c1-7-18(2)33-21-12-13-24(29)25(14-21)35-26-23(19-8-10-20(11-9-19)28(3,4)5)17-32-27(36-26)34-22(15-30)16-31-6;1-3-4(2,5)6/h7-17,33H,1-2,30H2,3-6H3,(H2,32,34,35,36);3H,1H2,2H3/b22-15+,31-16?;. The van der Waals surface area contributed by atoms with Crippen molar-refractivity contribution in [3.05, 3.63) is 110 Å². The van der Waals surface area contributed by atoms with Gasteiger partial charge in [-0.2, -0.15) is 4.98 Å². The molecule has 7 nitrogen and oxygen atoms in total. The van der Waals surface area contributed by atoms with Crippen molar-refractivity contribution in [3.8, 4) is 11.1 Å². The molecule has 0 fully saturated rings. The first-order valence-corrected chi connectivity index (χ1v) is 13.0. The Balaban J connectivity index is 0.000000928. The molecule has 2 aromatic carbocycles. The Morgan fingerprint density at radius 3 is 2.19 bits per heavy atom. The highest BCUT2D eigenvalue weighted by Gasteiger charge is 2.16. The number of alkyl halides is 2. The molecule has 0 unspecified atom stereocenters. The summed E-state index contributed by atoms with van der Waals surface area (Å²) in [5.41, 5.74) is 10.5. The molecule has 0 spiro atoms. The highest BCUT2D eigenvalue weighted by molar-refractivity contribution is 5.83. The molecule has 0 aliphatic heterocycles. The molecule has 10 heteroatoms. The van der Waals surface area contributed by atoms with Gasteiger partial charge in [0.05, 0.1) is 11.4 Å². The number of nitrogens with zero attached hydrogens (tertiary/aromatic N) is 3. The van der Waals surface area contributed by atoms with Gasteiger partial charge in [-0.15, -0.1) is 0 Å². The maximum absolute atomic E-state index is 14.8. The molecule has 0 saturated carbocycles. The smallest absolute Gasteiger partial charge is 0.263 e. The van der Waals surface area contributed by atoms with Crippen LogP contribution in [0.4, 0.5) is 36.3 Å². The van der Waals surface area contributed by atoms with Gasteiger partial charge in [0, 0.05) is 49.5 Å². The van der Waals surface area contributed by atoms with Crippen molar-refractivity contribution in [1.82, 2.24) is 9.97 Å². The number of aliphatic imine (C=N–C) groups is 1. The number of nitrogens with one attached hydrogen (secondary N) is 3. The van der Waals surface area contributed by atoms with Gasteiger partial charge in [-0.3, -0.25) is 4.99 Å². The highest BCUT2D eigenvalue weighted by Crippen LogP contribution is 2.33. The van der Waals surface area contributed by atoms with Gasteiger partial charge in [-0.1, -0.05) is 64.8 Å². The monoisotopic (exact) mass is 577 g/mol. The summed E-state index contributed by atoms with van der Waals surface area (Å²) in [6.07, 6.45) is 6.79. The third-order valence-corrected chi connectivity index (χ3v) is 5.68. The van der Waals surface area contributed by atoms with Gasteiger partial charge < -0.3 is 21.7 Å². The summed E-state index contributed by atoms with van der Waals surface area (Å²) in [5, 5.41) is 9.22. The third kappa shape index (κ3) is 10.3. The van der Waals surface area contributed by atoms with Gasteiger partial charge in [0.25, 0.3) is 5.92 Å². The number of benzene rings is 2. The molecule has 0 aliphatic rings. The van der Waals surface area contributed by atoms with E-state index in [-0.39, 0.29) is 17.1 Å². The predicted octanol–water partition coefficient (Wildman–Crippen LogP) is 8.18. The maximum Gasteiger partial charge on any atom is 0.263 e. The van der Waals surface area contributed by atoms with Gasteiger partial charge in [0.15, 0.2) is 0 Å². The van der Waals surface area contributed by atoms with Crippen LogP contribution in [0, 0.1) is 5.82 Å². The zero-order chi connectivity index (χ0) is 31.5. The fourth-order valence-electron chi connectivity index (χ4n) is 3.35. The second kappa shape index (κ2) is 14.7. The van der Waals surface area contributed by atoms with Crippen LogP contribution in [0.5, 0.6) is 0 Å². The molecule has 0 saturated heterocycles. The van der Waals surface area contributed by atoms with Crippen LogP contribution in [-0.4, -0.2) is 29.2 Å². The summed E-state index contributed by atoms with van der Waals surface area (Å²) in [5.74, 6) is -2.44. The molecule has 42 heavy (non-hydrogen) atoms. The second-order valence-corrected chi connectivity index (χ2v) is 10.3. The number of rotatable bonds is 10. The van der Waals surface area contributed by atoms with Gasteiger partial charge >= 0.3 is 0 Å². The number of hydrogen-bond acceptors (Lipinski definition) is 7. The summed E-state index contributed by atoms with van der Waals surface area (Å²) in [4.78, 5) is 13.0. The van der Waals surface area contributed by atoms with Crippen LogP contribution in [0.1, 0.15) is 33.3 Å². The van der Waals surface area contributed by atoms with E-state index in [0.717, 1.165) is 12.5 Å². The quantitative estimate of drug-likeness (QED) is 0.110. The Hall–Kier alpha value is -4.86. The lowest BCUT2D eigenvalue weighted by Gasteiger charge is -2.20. The number of aromatic nitrogens is 2. The minimum absolute atomic E-state index is 0.0156. The SMILES string of the molecule is C=CC(=C)Nc1ccc(F)c(Nc2nc(N/C(C=NC)=C/N)ncc2-c2ccc(C(C)(C)C)cc2)c1.C=CC(C)(F)F. The Kier molecular flexibility index (Phi) is 11.7. The average Bonchev–Trinajstić information content (AvgIpc) is 2.94. The number of nitrogens with two attached hydrogens (primary N) is 1. The number of halogens is 3. The summed E-state index contributed by atoms with van der Waals surface area (Å²) in [7, 11) is 1.63. The van der Waals surface area contributed by atoms with E-state index in [4.69, 9.17) is 5.73 Å². The topological polar surface area (TPSA) is 100 Å². The molecule has 222 valence electrons. The Morgan fingerprint density at radius 2 is 1.67 bits per heavy atom. The molecule has 3 aromatic rings. The minimum atomic E-state index is -2.69. The van der Waals surface area contributed by atoms with Crippen molar-refractivity contribution in [2.45, 2.75) is 39.0 Å². The molecular weight excluding hydrogens is 539 g/mol. The fourth-order valence-corrected chi connectivity index (χ4v) is 3.35. The predicted molar refractivity (Wildman–Crippen MR) is 170 cm³/mol. The zero-order valence-corrected chi connectivity index (χ0v) is 24.6. The van der Waals surface area contributed by atoms with Crippen LogP contribution < -0.4 is 21.7 Å². The molecule has 1 aromatic heterocycles. The maximum atomic E-state index is 14.8.